The van der Waals surface area contributed by atoms with E-state index < -0.39 is 6.10 Å². The zero-order chi connectivity index (χ0) is 43.0. The summed E-state index contributed by atoms with van der Waals surface area (Å²) in [7, 11) is 0. The van der Waals surface area contributed by atoms with Gasteiger partial charge in [0.15, 0.2) is 6.10 Å². The minimum atomic E-state index is -0.758. The van der Waals surface area contributed by atoms with Crippen molar-refractivity contribution in [3.63, 3.8) is 0 Å². The summed E-state index contributed by atoms with van der Waals surface area (Å²) in [6.45, 7) is 6.64. The highest BCUT2D eigenvalue weighted by molar-refractivity contribution is 5.71. The number of carbonyl (C=O) groups excluding carboxylic acids is 3. The molecule has 0 saturated heterocycles. The number of hydrogen-bond donors (Lipinski definition) is 0. The molecule has 0 radical (unpaired) electrons. The molecule has 0 aromatic rings. The molecule has 0 fully saturated rings. The first kappa shape index (κ1) is 57.4. The maximum Gasteiger partial charge on any atom is 0.306 e. The molecule has 1 unspecified atom stereocenters. The Morgan fingerprint density at radius 2 is 0.458 bits per heavy atom. The number of esters is 3. The highest BCUT2D eigenvalue weighted by Gasteiger charge is 2.19. The Labute approximate surface area is 368 Å². The normalized spacial score (nSPS) is 11.8. The summed E-state index contributed by atoms with van der Waals surface area (Å²) in [5.41, 5.74) is 0. The van der Waals surface area contributed by atoms with Gasteiger partial charge < -0.3 is 14.2 Å². The lowest BCUT2D eigenvalue weighted by Crippen LogP contribution is -2.30. The van der Waals surface area contributed by atoms with E-state index in [1.807, 2.05) is 0 Å². The van der Waals surface area contributed by atoms with Crippen LogP contribution in [0.2, 0.25) is 0 Å². The molecule has 0 aromatic heterocycles. The van der Waals surface area contributed by atoms with Crippen LogP contribution in [0.3, 0.4) is 0 Å². The molecular formula is C53H102O6. The van der Waals surface area contributed by atoms with Gasteiger partial charge in [-0.05, 0) is 19.3 Å². The van der Waals surface area contributed by atoms with E-state index in [-0.39, 0.29) is 31.1 Å². The van der Waals surface area contributed by atoms with Crippen molar-refractivity contribution in [3.05, 3.63) is 0 Å². The van der Waals surface area contributed by atoms with Crippen LogP contribution in [0, 0.1) is 0 Å². The maximum absolute atomic E-state index is 12.7. The van der Waals surface area contributed by atoms with Crippen molar-refractivity contribution >= 4 is 17.9 Å². The Hall–Kier alpha value is -1.59. The summed E-state index contributed by atoms with van der Waals surface area (Å²) >= 11 is 0. The molecule has 0 aliphatic rings. The molecule has 0 aliphatic carbocycles. The zero-order valence-electron chi connectivity index (χ0n) is 40.1. The molecular weight excluding hydrogens is 733 g/mol. The van der Waals surface area contributed by atoms with Crippen LogP contribution in [0.25, 0.3) is 0 Å². The minimum absolute atomic E-state index is 0.0624. The second-order valence-corrected chi connectivity index (χ2v) is 18.2. The van der Waals surface area contributed by atoms with E-state index in [0.717, 1.165) is 57.8 Å². The zero-order valence-corrected chi connectivity index (χ0v) is 40.1. The van der Waals surface area contributed by atoms with Gasteiger partial charge in [0.1, 0.15) is 13.2 Å². The van der Waals surface area contributed by atoms with Crippen molar-refractivity contribution in [2.45, 2.75) is 309 Å². The van der Waals surface area contributed by atoms with Gasteiger partial charge in [0.2, 0.25) is 0 Å². The van der Waals surface area contributed by atoms with Crippen LogP contribution in [0.5, 0.6) is 0 Å². The van der Waals surface area contributed by atoms with E-state index in [9.17, 15) is 14.4 Å². The Morgan fingerprint density at radius 3 is 0.678 bits per heavy atom. The third-order valence-electron chi connectivity index (χ3n) is 12.1. The summed E-state index contributed by atoms with van der Waals surface area (Å²) in [6, 6.07) is 0. The highest BCUT2D eigenvalue weighted by Crippen LogP contribution is 2.17. The van der Waals surface area contributed by atoms with E-state index in [2.05, 4.69) is 20.8 Å². The van der Waals surface area contributed by atoms with Crippen molar-refractivity contribution in [2.24, 2.45) is 0 Å². The molecule has 0 heterocycles. The number of ether oxygens (including phenoxy) is 3. The Kier molecular flexibility index (Phi) is 47.7. The SMILES string of the molecule is CCCCCCCCCCCCCCCCCCCCCCCC(=O)OCC(COC(=O)CCCCCCCCC)OC(=O)CCCCCCCCCCCCCCC. The summed E-state index contributed by atoms with van der Waals surface area (Å²) in [4.78, 5) is 37.8. The van der Waals surface area contributed by atoms with Gasteiger partial charge in [-0.25, -0.2) is 0 Å². The second kappa shape index (κ2) is 49.1. The molecule has 59 heavy (non-hydrogen) atoms. The summed E-state index contributed by atoms with van der Waals surface area (Å²) in [6.07, 6.45) is 52.5. The molecule has 0 bridgehead atoms. The van der Waals surface area contributed by atoms with Crippen LogP contribution in [0.15, 0.2) is 0 Å². The topological polar surface area (TPSA) is 78.9 Å². The molecule has 6 heteroatoms. The van der Waals surface area contributed by atoms with E-state index in [1.54, 1.807) is 0 Å². The van der Waals surface area contributed by atoms with Gasteiger partial charge in [-0.2, -0.15) is 0 Å². The first-order valence-electron chi connectivity index (χ1n) is 26.5. The van der Waals surface area contributed by atoms with E-state index in [0.29, 0.717) is 19.3 Å². The summed E-state index contributed by atoms with van der Waals surface area (Å²) in [5, 5.41) is 0. The van der Waals surface area contributed by atoms with Crippen LogP contribution in [-0.4, -0.2) is 37.2 Å². The Balaban J connectivity index is 4.11. The fraction of sp³-hybridized carbons (Fsp3) is 0.943. The molecule has 350 valence electrons. The lowest BCUT2D eigenvalue weighted by molar-refractivity contribution is -0.167. The van der Waals surface area contributed by atoms with E-state index in [1.165, 1.54) is 205 Å². The average molecular weight is 835 g/mol. The monoisotopic (exact) mass is 835 g/mol. The van der Waals surface area contributed by atoms with Crippen molar-refractivity contribution < 1.29 is 28.6 Å². The smallest absolute Gasteiger partial charge is 0.306 e. The number of unbranched alkanes of at least 4 members (excludes halogenated alkanes) is 38. The minimum Gasteiger partial charge on any atom is -0.462 e. The number of carbonyl (C=O) groups is 3. The van der Waals surface area contributed by atoms with Gasteiger partial charge >= 0.3 is 17.9 Å². The molecule has 1 atom stereocenters. The standard InChI is InChI=1S/C53H102O6/c1-4-7-10-13-16-18-20-22-23-24-25-26-27-28-29-31-32-34-37-40-43-46-52(55)58-49-50(48-57-51(54)45-42-39-36-15-12-9-6-3)59-53(56)47-44-41-38-35-33-30-21-19-17-14-11-8-5-2/h50H,4-49H2,1-3H3. The van der Waals surface area contributed by atoms with Gasteiger partial charge in [-0.15, -0.1) is 0 Å². The molecule has 0 saturated carbocycles. The van der Waals surface area contributed by atoms with Gasteiger partial charge in [0.25, 0.3) is 0 Å². The Morgan fingerprint density at radius 1 is 0.271 bits per heavy atom. The third-order valence-corrected chi connectivity index (χ3v) is 12.1. The molecule has 0 N–H and O–H groups in total. The van der Waals surface area contributed by atoms with Gasteiger partial charge in [-0.3, -0.25) is 14.4 Å². The van der Waals surface area contributed by atoms with Crippen molar-refractivity contribution in [3.8, 4) is 0 Å². The average Bonchev–Trinajstić information content (AvgIpc) is 3.23. The van der Waals surface area contributed by atoms with E-state index in [4.69, 9.17) is 14.2 Å². The van der Waals surface area contributed by atoms with Crippen LogP contribution in [0.1, 0.15) is 303 Å². The van der Waals surface area contributed by atoms with Gasteiger partial charge in [0, 0.05) is 19.3 Å². The molecule has 0 rings (SSSR count). The van der Waals surface area contributed by atoms with E-state index >= 15 is 0 Å². The quantitative estimate of drug-likeness (QED) is 0.0345. The molecule has 6 nitrogen and oxygen atoms in total. The van der Waals surface area contributed by atoms with Crippen molar-refractivity contribution in [1.29, 1.82) is 0 Å². The van der Waals surface area contributed by atoms with Crippen LogP contribution >= 0.6 is 0 Å². The molecule has 0 aromatic carbocycles. The lowest BCUT2D eigenvalue weighted by atomic mass is 10.0. The maximum atomic E-state index is 12.7. The molecule has 0 spiro atoms. The second-order valence-electron chi connectivity index (χ2n) is 18.2. The third kappa shape index (κ3) is 47.3. The van der Waals surface area contributed by atoms with Crippen LogP contribution in [0.4, 0.5) is 0 Å². The highest BCUT2D eigenvalue weighted by atomic mass is 16.6. The Bertz CT molecular complexity index is 874. The van der Waals surface area contributed by atoms with Crippen molar-refractivity contribution in [2.75, 3.05) is 13.2 Å². The predicted molar refractivity (Wildman–Crippen MR) is 252 cm³/mol. The molecule has 0 amide bonds. The predicted octanol–water partition coefficient (Wildman–Crippen LogP) is 17.2. The first-order chi connectivity index (χ1) is 29.0. The fourth-order valence-corrected chi connectivity index (χ4v) is 8.09. The lowest BCUT2D eigenvalue weighted by Gasteiger charge is -2.18. The van der Waals surface area contributed by atoms with Crippen LogP contribution in [-0.2, 0) is 28.6 Å². The van der Waals surface area contributed by atoms with Gasteiger partial charge in [-0.1, -0.05) is 265 Å². The number of rotatable bonds is 49. The van der Waals surface area contributed by atoms with Crippen LogP contribution < -0.4 is 0 Å². The van der Waals surface area contributed by atoms with Crippen molar-refractivity contribution in [1.82, 2.24) is 0 Å². The largest absolute Gasteiger partial charge is 0.462 e. The summed E-state index contributed by atoms with van der Waals surface area (Å²) < 4.78 is 16.7. The fourth-order valence-electron chi connectivity index (χ4n) is 8.09. The molecule has 0 aliphatic heterocycles. The number of hydrogen-bond acceptors (Lipinski definition) is 6. The van der Waals surface area contributed by atoms with Gasteiger partial charge in [0.05, 0.1) is 0 Å². The first-order valence-corrected chi connectivity index (χ1v) is 26.5. The summed E-state index contributed by atoms with van der Waals surface area (Å²) in [5.74, 6) is -0.849.